The van der Waals surface area contributed by atoms with Crippen LogP contribution < -0.4 is 10.0 Å². The van der Waals surface area contributed by atoms with Crippen LogP contribution in [0.25, 0.3) is 0 Å². The molecule has 1 aliphatic rings. The number of rotatable bonds is 6. The second kappa shape index (κ2) is 5.83. The molecule has 1 fully saturated rings. The van der Waals surface area contributed by atoms with E-state index in [0.717, 1.165) is 25.8 Å². The molecule has 1 unspecified atom stereocenters. The predicted molar refractivity (Wildman–Crippen MR) is 77.9 cm³/mol. The van der Waals surface area contributed by atoms with Crippen molar-refractivity contribution in [1.82, 2.24) is 19.8 Å². The maximum Gasteiger partial charge on any atom is 0.243 e. The van der Waals surface area contributed by atoms with Crippen LogP contribution in [-0.4, -0.2) is 37.8 Å². The third kappa shape index (κ3) is 3.39. The third-order valence-electron chi connectivity index (χ3n) is 4.07. The summed E-state index contributed by atoms with van der Waals surface area (Å²) in [5.41, 5.74) is 0.0230. The number of sulfonamides is 1. The average Bonchev–Trinajstić information content (AvgIpc) is 2.95. The van der Waals surface area contributed by atoms with E-state index in [0.29, 0.717) is 6.54 Å². The number of hydrogen-bond acceptors (Lipinski definition) is 4. The van der Waals surface area contributed by atoms with Gasteiger partial charge in [0.2, 0.25) is 10.0 Å². The van der Waals surface area contributed by atoms with Crippen LogP contribution >= 0.6 is 0 Å². The molecule has 0 bridgehead atoms. The molecule has 6 nitrogen and oxygen atoms in total. The van der Waals surface area contributed by atoms with Crippen molar-refractivity contribution in [3.05, 3.63) is 12.4 Å². The van der Waals surface area contributed by atoms with Crippen LogP contribution in [0.2, 0.25) is 0 Å². The second-order valence-corrected chi connectivity index (χ2v) is 7.81. The van der Waals surface area contributed by atoms with E-state index in [9.17, 15) is 8.42 Å². The fourth-order valence-corrected chi connectivity index (χ4v) is 4.03. The van der Waals surface area contributed by atoms with Gasteiger partial charge in [-0.2, -0.15) is 5.10 Å². The Bertz CT molecular complexity index is 550. The molecule has 1 aromatic heterocycles. The molecule has 2 N–H and O–H groups in total. The van der Waals surface area contributed by atoms with Gasteiger partial charge < -0.3 is 5.32 Å². The van der Waals surface area contributed by atoms with Gasteiger partial charge in [-0.1, -0.05) is 20.3 Å². The van der Waals surface area contributed by atoms with Gasteiger partial charge in [0.1, 0.15) is 4.90 Å². The first-order valence-corrected chi connectivity index (χ1v) is 8.53. The van der Waals surface area contributed by atoms with Crippen molar-refractivity contribution in [2.45, 2.75) is 50.6 Å². The van der Waals surface area contributed by atoms with Crippen LogP contribution in [0.15, 0.2) is 17.3 Å². The average molecular weight is 300 g/mol. The van der Waals surface area contributed by atoms with Gasteiger partial charge in [-0.3, -0.25) is 4.68 Å². The summed E-state index contributed by atoms with van der Waals surface area (Å²) in [6.07, 6.45) is 6.03. The zero-order valence-corrected chi connectivity index (χ0v) is 13.2. The molecule has 0 amide bonds. The number of hydrogen-bond donors (Lipinski definition) is 2. The van der Waals surface area contributed by atoms with Gasteiger partial charge in [-0.05, 0) is 25.3 Å². The van der Waals surface area contributed by atoms with Crippen molar-refractivity contribution in [2.24, 2.45) is 5.41 Å². The minimum atomic E-state index is -3.47. The summed E-state index contributed by atoms with van der Waals surface area (Å²) in [5, 5.41) is 7.10. The summed E-state index contributed by atoms with van der Waals surface area (Å²) in [4.78, 5) is 0.247. The van der Waals surface area contributed by atoms with Crippen molar-refractivity contribution < 1.29 is 8.42 Å². The fraction of sp³-hybridized carbons (Fsp3) is 0.769. The molecule has 1 saturated carbocycles. The van der Waals surface area contributed by atoms with Crippen LogP contribution in [0, 0.1) is 5.41 Å². The summed E-state index contributed by atoms with van der Waals surface area (Å²) >= 11 is 0. The Morgan fingerprint density at radius 3 is 2.85 bits per heavy atom. The van der Waals surface area contributed by atoms with Crippen LogP contribution in [0.5, 0.6) is 0 Å². The molecule has 1 atom stereocenters. The number of likely N-dealkylation sites (N-methyl/N-ethyl adjacent to an activating group) is 1. The molecule has 0 radical (unpaired) electrons. The zero-order chi connectivity index (χ0) is 14.8. The molecule has 20 heavy (non-hydrogen) atoms. The van der Waals surface area contributed by atoms with Gasteiger partial charge in [-0.15, -0.1) is 0 Å². The second-order valence-electron chi connectivity index (χ2n) is 6.10. The smallest absolute Gasteiger partial charge is 0.243 e. The number of nitrogens with one attached hydrogen (secondary N) is 2. The minimum absolute atomic E-state index is 0.00755. The van der Waals surface area contributed by atoms with Gasteiger partial charge in [0, 0.05) is 18.8 Å². The lowest BCUT2D eigenvalue weighted by molar-refractivity contribution is 0.313. The van der Waals surface area contributed by atoms with E-state index in [1.54, 1.807) is 10.9 Å². The quantitative estimate of drug-likeness (QED) is 0.820. The lowest BCUT2D eigenvalue weighted by Gasteiger charge is -2.27. The van der Waals surface area contributed by atoms with Crippen molar-refractivity contribution in [1.29, 1.82) is 0 Å². The fourth-order valence-electron chi connectivity index (χ4n) is 2.63. The van der Waals surface area contributed by atoms with Crippen LogP contribution in [-0.2, 0) is 16.6 Å². The Kier molecular flexibility index (Phi) is 4.51. The molecule has 0 spiro atoms. The van der Waals surface area contributed by atoms with Gasteiger partial charge >= 0.3 is 0 Å². The number of nitrogens with zero attached hydrogens (tertiary/aromatic N) is 2. The normalized spacial score (nSPS) is 22.2. The molecule has 2 rings (SSSR count). The Balaban J connectivity index is 2.08. The molecular weight excluding hydrogens is 276 g/mol. The van der Waals surface area contributed by atoms with Crippen molar-refractivity contribution in [2.75, 3.05) is 13.6 Å². The lowest BCUT2D eigenvalue weighted by Crippen LogP contribution is -2.41. The maximum atomic E-state index is 12.4. The molecular formula is C13H24N4O2S. The highest BCUT2D eigenvalue weighted by Gasteiger charge is 2.37. The van der Waals surface area contributed by atoms with Gasteiger partial charge in [-0.25, -0.2) is 13.1 Å². The first-order chi connectivity index (χ1) is 9.35. The standard InChI is InChI=1S/C13H24N4O2S/c1-13(2)6-4-5-12(13)16-20(18,19)11-9-15-17(10-11)8-7-14-3/h9-10,12,14,16H,4-8H2,1-3H3. The summed E-state index contributed by atoms with van der Waals surface area (Å²) in [7, 11) is -1.62. The Hall–Kier alpha value is -0.920. The third-order valence-corrected chi connectivity index (χ3v) is 5.49. The molecule has 114 valence electrons. The summed E-state index contributed by atoms with van der Waals surface area (Å²) in [5.74, 6) is 0. The van der Waals surface area contributed by atoms with Crippen LogP contribution in [0.1, 0.15) is 33.1 Å². The molecule has 0 aromatic carbocycles. The maximum absolute atomic E-state index is 12.4. The highest BCUT2D eigenvalue weighted by atomic mass is 32.2. The Morgan fingerprint density at radius 2 is 2.25 bits per heavy atom. The molecule has 0 saturated heterocycles. The topological polar surface area (TPSA) is 76.0 Å². The highest BCUT2D eigenvalue weighted by Crippen LogP contribution is 2.37. The summed E-state index contributed by atoms with van der Waals surface area (Å²) in [6.45, 7) is 5.64. The highest BCUT2D eigenvalue weighted by molar-refractivity contribution is 7.89. The van der Waals surface area contributed by atoms with E-state index < -0.39 is 10.0 Å². The first-order valence-electron chi connectivity index (χ1n) is 7.04. The lowest BCUT2D eigenvalue weighted by atomic mass is 9.88. The molecule has 1 aromatic rings. The van der Waals surface area contributed by atoms with Crippen molar-refractivity contribution in [3.63, 3.8) is 0 Å². The zero-order valence-electron chi connectivity index (χ0n) is 12.4. The van der Waals surface area contributed by atoms with E-state index in [-0.39, 0.29) is 16.4 Å². The van der Waals surface area contributed by atoms with Crippen molar-refractivity contribution >= 4 is 10.0 Å². The van der Waals surface area contributed by atoms with Crippen LogP contribution in [0.3, 0.4) is 0 Å². The van der Waals surface area contributed by atoms with E-state index in [1.807, 2.05) is 7.05 Å². The number of aromatic nitrogens is 2. The Labute approximate surface area is 121 Å². The largest absolute Gasteiger partial charge is 0.318 e. The molecule has 7 heteroatoms. The molecule has 0 aliphatic heterocycles. The van der Waals surface area contributed by atoms with E-state index >= 15 is 0 Å². The van der Waals surface area contributed by atoms with Gasteiger partial charge in [0.05, 0.1) is 12.7 Å². The molecule has 1 heterocycles. The minimum Gasteiger partial charge on any atom is -0.318 e. The van der Waals surface area contributed by atoms with E-state index in [4.69, 9.17) is 0 Å². The Morgan fingerprint density at radius 1 is 1.50 bits per heavy atom. The first kappa shape index (κ1) is 15.5. The monoisotopic (exact) mass is 300 g/mol. The van der Waals surface area contributed by atoms with Crippen molar-refractivity contribution in [3.8, 4) is 0 Å². The predicted octanol–water partition coefficient (Wildman–Crippen LogP) is 0.959. The van der Waals surface area contributed by atoms with Crippen LogP contribution in [0.4, 0.5) is 0 Å². The SMILES string of the molecule is CNCCn1cc(S(=O)(=O)NC2CCCC2(C)C)cn1. The van der Waals surface area contributed by atoms with E-state index in [1.165, 1.54) is 6.20 Å². The van der Waals surface area contributed by atoms with Gasteiger partial charge in [0.25, 0.3) is 0 Å². The summed E-state index contributed by atoms with van der Waals surface area (Å²) < 4.78 is 29.2. The summed E-state index contributed by atoms with van der Waals surface area (Å²) in [6, 6.07) is 0.00755. The molecule has 1 aliphatic carbocycles. The van der Waals surface area contributed by atoms with Gasteiger partial charge in [0.15, 0.2) is 0 Å². The van der Waals surface area contributed by atoms with E-state index in [2.05, 4.69) is 29.0 Å².